The molecule has 3 N–H and O–H groups in total. The van der Waals surface area contributed by atoms with E-state index in [-0.39, 0.29) is 36.2 Å². The maximum atomic E-state index is 13.3. The second-order valence-corrected chi connectivity index (χ2v) is 30.1. The topological polar surface area (TPSA) is 200 Å². The summed E-state index contributed by atoms with van der Waals surface area (Å²) in [6, 6.07) is 7.57. The van der Waals surface area contributed by atoms with E-state index in [1.807, 2.05) is 40.8 Å². The summed E-state index contributed by atoms with van der Waals surface area (Å²) in [5, 5.41) is 34.7. The Morgan fingerprint density at radius 2 is 0.903 bits per heavy atom. The lowest BCUT2D eigenvalue weighted by molar-refractivity contribution is -0.188. The molecule has 2 saturated heterocycles. The van der Waals surface area contributed by atoms with Crippen molar-refractivity contribution in [1.29, 1.82) is 0 Å². The first-order chi connectivity index (χ1) is 45.3. The molecule has 2 aromatic carbocycles. The minimum absolute atomic E-state index is 0.0101. The van der Waals surface area contributed by atoms with Gasteiger partial charge in [0, 0.05) is 49.1 Å². The van der Waals surface area contributed by atoms with Crippen molar-refractivity contribution in [2.45, 2.75) is 317 Å². The normalized spacial score (nSPS) is 27.3. The number of benzene rings is 2. The number of nitrogens with zero attached hydrogens (tertiary/aromatic N) is 2. The van der Waals surface area contributed by atoms with E-state index in [4.69, 9.17) is 28.4 Å². The van der Waals surface area contributed by atoms with Gasteiger partial charge >= 0.3 is 12.3 Å². The molecule has 4 aliphatic heterocycles. The van der Waals surface area contributed by atoms with Crippen molar-refractivity contribution < 1.29 is 67.7 Å². The van der Waals surface area contributed by atoms with Crippen LogP contribution in [0.3, 0.4) is 0 Å². The maximum absolute atomic E-state index is 13.3. The standard InChI is InChI=1S/C38H57NO7.C20H23NO4.C18H35IO3/c1-2-3-4-5-6-7-8-9-10-11-12-13-14-15-24-43-36(41)45-27-44-31-19-18-29-25-32-38(42)21-20-30(40)35-37(38,33(29)34(31)46-35)22-23-39(32)26-28-16-17-28;22-13-4-3-12-9-15-20(24)6-5-14(23)18-19(20,16(12)17(13)25-18)7-8-21(15)10-11-1-2-11;1-2-3-4-5-6-7-8-9-10-11-12-13-14-15-16-21-18(20)22-17-19/h18-19,28,32,35,42H,2-17,20-27H2,1H3;3-4,11,15,18,22,24H,1-2,5-10H2;2-17H2,1H3/t32?,35-,37-,38+;15?,18-,19-,20+;/m00./s1. The molecule has 2 aromatic rings. The van der Waals surface area contributed by atoms with Gasteiger partial charge < -0.3 is 48.5 Å². The van der Waals surface area contributed by atoms with Crippen molar-refractivity contribution in [2.75, 3.05) is 50.8 Å². The smallest absolute Gasteiger partial charge is 0.504 e. The summed E-state index contributed by atoms with van der Waals surface area (Å²) in [6.07, 6.45) is 43.7. The highest BCUT2D eigenvalue weighted by atomic mass is 127. The average Bonchev–Trinajstić information content (AvgIpc) is 1.50. The Labute approximate surface area is 569 Å². The van der Waals surface area contributed by atoms with Gasteiger partial charge in [-0.05, 0) is 148 Å². The number of ketones is 2. The minimum atomic E-state index is -1.01. The van der Waals surface area contributed by atoms with Gasteiger partial charge in [0.05, 0.1) is 35.2 Å². The molecule has 8 atom stereocenters. The summed E-state index contributed by atoms with van der Waals surface area (Å²) in [5.74, 6) is 3.15. The fourth-order valence-corrected chi connectivity index (χ4v) is 18.1. The Bertz CT molecular complexity index is 2760. The quantitative estimate of drug-likeness (QED) is 0.0188. The van der Waals surface area contributed by atoms with Gasteiger partial charge in [-0.25, -0.2) is 9.59 Å². The monoisotopic (exact) mass is 1410 g/mol. The number of carbonyl (C=O) groups is 4. The van der Waals surface area contributed by atoms with Gasteiger partial charge in [-0.2, -0.15) is 0 Å². The summed E-state index contributed by atoms with van der Waals surface area (Å²) >= 11 is 1.98. The van der Waals surface area contributed by atoms with Gasteiger partial charge in [0.15, 0.2) is 46.8 Å². The molecular weight excluding hydrogens is 1290 g/mol. The number of rotatable bonds is 38. The zero-order valence-electron chi connectivity index (χ0n) is 56.8. The zero-order chi connectivity index (χ0) is 65.3. The second kappa shape index (κ2) is 34.5. The van der Waals surface area contributed by atoms with E-state index in [2.05, 4.69) is 28.4 Å². The summed E-state index contributed by atoms with van der Waals surface area (Å²) in [4.78, 5) is 54.1. The molecule has 16 nitrogen and oxygen atoms in total. The van der Waals surface area contributed by atoms with Crippen LogP contribution in [0.2, 0.25) is 0 Å². The molecule has 17 heteroatoms. The van der Waals surface area contributed by atoms with E-state index in [0.717, 1.165) is 105 Å². The van der Waals surface area contributed by atoms with Gasteiger partial charge in [0.2, 0.25) is 6.79 Å². The number of likely N-dealkylation sites (tertiary alicyclic amines) is 2. The number of carbonyl (C=O) groups excluding carboxylic acids is 4. The van der Waals surface area contributed by atoms with Crippen LogP contribution in [0.4, 0.5) is 9.59 Å². The summed E-state index contributed by atoms with van der Waals surface area (Å²) < 4.78 is 38.8. The molecule has 4 heterocycles. The highest BCUT2D eigenvalue weighted by Gasteiger charge is 2.75. The number of ether oxygens (including phenoxy) is 7. The lowest BCUT2D eigenvalue weighted by Crippen LogP contribution is -2.76. The fraction of sp³-hybridized carbons (Fsp3) is 0.789. The molecule has 10 aliphatic rings. The van der Waals surface area contributed by atoms with Gasteiger partial charge in [-0.3, -0.25) is 19.4 Å². The largest absolute Gasteiger partial charge is 0.511 e. The van der Waals surface area contributed by atoms with Crippen molar-refractivity contribution in [2.24, 2.45) is 11.8 Å². The van der Waals surface area contributed by atoms with E-state index in [1.165, 1.54) is 180 Å². The van der Waals surface area contributed by atoms with Crippen LogP contribution < -0.4 is 14.2 Å². The Hall–Kier alpha value is -3.91. The Balaban J connectivity index is 0.000000169. The molecule has 4 saturated carbocycles. The highest BCUT2D eigenvalue weighted by molar-refractivity contribution is 14.1. The summed E-state index contributed by atoms with van der Waals surface area (Å²) in [7, 11) is 0. The van der Waals surface area contributed by atoms with E-state index in [9.17, 15) is 34.5 Å². The van der Waals surface area contributed by atoms with Gasteiger partial charge in [-0.15, -0.1) is 0 Å². The SMILES string of the molecule is CCCCCCCCCCCCCCCCOC(=O)OCI.CCCCCCCCCCCCCCCCOC(=O)OCOc1ccc2c3c1O[C@H]1C(=O)CC[C@@]4(O)C(C2)N(CC2CC2)CC[C@]314.O=C1CC[C@@]2(O)C3Cc4ccc(O)c5c4[C@@]2(CCN3CC2CC2)[C@H]1O5. The lowest BCUT2D eigenvalue weighted by Gasteiger charge is -2.62. The van der Waals surface area contributed by atoms with E-state index in [0.29, 0.717) is 67.2 Å². The molecular formula is C76H115IN2O14. The molecule has 6 aliphatic carbocycles. The second-order valence-electron chi connectivity index (χ2n) is 29.5. The van der Waals surface area contributed by atoms with Gasteiger partial charge in [0.25, 0.3) is 0 Å². The van der Waals surface area contributed by atoms with Crippen LogP contribution in [-0.4, -0.2) is 135 Å². The van der Waals surface area contributed by atoms with Crippen molar-refractivity contribution in [3.05, 3.63) is 46.5 Å². The Morgan fingerprint density at radius 3 is 1.32 bits per heavy atom. The molecule has 2 unspecified atom stereocenters. The number of aromatic hydroxyl groups is 1. The maximum Gasteiger partial charge on any atom is 0.511 e. The summed E-state index contributed by atoms with van der Waals surface area (Å²) in [6.45, 7) is 8.90. The molecule has 2 spiro atoms. The number of hydrogen-bond donors (Lipinski definition) is 3. The number of aliphatic hydroxyl groups is 2. The first kappa shape index (κ1) is 71.9. The third kappa shape index (κ3) is 16.8. The molecule has 12 rings (SSSR count). The zero-order valence-corrected chi connectivity index (χ0v) is 59.0. The van der Waals surface area contributed by atoms with E-state index < -0.39 is 46.6 Å². The first-order valence-corrected chi connectivity index (χ1v) is 39.0. The van der Waals surface area contributed by atoms with Crippen LogP contribution in [0.1, 0.15) is 280 Å². The van der Waals surface area contributed by atoms with Crippen LogP contribution in [0, 0.1) is 11.8 Å². The number of alkyl halides is 1. The highest BCUT2D eigenvalue weighted by Crippen LogP contribution is 2.67. The van der Waals surface area contributed by atoms with Gasteiger partial charge in [0.1, 0.15) is 4.61 Å². The Kier molecular flexibility index (Phi) is 26.7. The van der Waals surface area contributed by atoms with Crippen LogP contribution in [0.5, 0.6) is 23.0 Å². The lowest BCUT2D eigenvalue weighted by atomic mass is 9.49. The molecule has 0 amide bonds. The van der Waals surface area contributed by atoms with Crippen molar-refractivity contribution in [3.63, 3.8) is 0 Å². The third-order valence-electron chi connectivity index (χ3n) is 23.1. The molecule has 4 bridgehead atoms. The molecule has 6 fully saturated rings. The van der Waals surface area contributed by atoms with Gasteiger partial charge in [-0.1, -0.05) is 193 Å². The van der Waals surface area contributed by atoms with E-state index >= 15 is 0 Å². The first-order valence-electron chi connectivity index (χ1n) is 37.4. The van der Waals surface area contributed by atoms with Crippen LogP contribution in [0.15, 0.2) is 24.3 Å². The van der Waals surface area contributed by atoms with Crippen molar-refractivity contribution in [3.8, 4) is 23.0 Å². The number of halogens is 1. The fourth-order valence-electron chi connectivity index (χ4n) is 17.8. The average molecular weight is 1410 g/mol. The number of unbranched alkanes of at least 4 members (excludes halogenated alkanes) is 26. The van der Waals surface area contributed by atoms with E-state index in [1.54, 1.807) is 6.07 Å². The van der Waals surface area contributed by atoms with Crippen LogP contribution in [0.25, 0.3) is 0 Å². The molecule has 0 aromatic heterocycles. The Morgan fingerprint density at radius 1 is 0.516 bits per heavy atom. The van der Waals surface area contributed by atoms with Crippen molar-refractivity contribution >= 4 is 46.5 Å². The minimum Gasteiger partial charge on any atom is -0.504 e. The molecule has 93 heavy (non-hydrogen) atoms. The predicted octanol–water partition coefficient (Wildman–Crippen LogP) is 16.3. The number of Topliss-reactive ketones (excluding diaryl/α,β-unsaturated/α-hetero) is 2. The number of piperidine rings is 2. The molecule has 520 valence electrons. The number of phenolic OH excluding ortho intramolecular Hbond substituents is 1. The van der Waals surface area contributed by atoms with Crippen LogP contribution >= 0.6 is 22.6 Å². The summed E-state index contributed by atoms with van der Waals surface area (Å²) in [5.41, 5.74) is 0.762. The predicted molar refractivity (Wildman–Crippen MR) is 368 cm³/mol. The van der Waals surface area contributed by atoms with Crippen LogP contribution in [-0.2, 0) is 52.2 Å². The number of phenols is 1. The molecule has 0 radical (unpaired) electrons. The third-order valence-corrected chi connectivity index (χ3v) is 23.4. The van der Waals surface area contributed by atoms with Crippen molar-refractivity contribution in [1.82, 2.24) is 9.80 Å². The number of hydrogen-bond acceptors (Lipinski definition) is 16.